The van der Waals surface area contributed by atoms with Crippen LogP contribution in [-0.4, -0.2) is 28.3 Å². The smallest absolute Gasteiger partial charge is 0.319 e. The number of rotatable bonds is 6. The van der Waals surface area contributed by atoms with Crippen molar-refractivity contribution in [2.75, 3.05) is 11.9 Å². The Hall–Kier alpha value is -2.34. The molecule has 2 atom stereocenters. The van der Waals surface area contributed by atoms with E-state index < -0.39 is 5.60 Å². The molecule has 2 amide bonds. The first kappa shape index (κ1) is 19.0. The zero-order valence-corrected chi connectivity index (χ0v) is 15.5. The second-order valence-electron chi connectivity index (χ2n) is 6.80. The van der Waals surface area contributed by atoms with Crippen LogP contribution < -0.4 is 10.6 Å². The molecule has 0 spiro atoms. The van der Waals surface area contributed by atoms with Crippen LogP contribution in [0.4, 0.5) is 10.5 Å². The summed E-state index contributed by atoms with van der Waals surface area (Å²) in [5.41, 5.74) is 2.33. The van der Waals surface area contributed by atoms with Gasteiger partial charge in [-0.25, -0.2) is 9.78 Å². The first-order valence-electron chi connectivity index (χ1n) is 8.53. The van der Waals surface area contributed by atoms with Crippen molar-refractivity contribution in [2.45, 2.75) is 46.6 Å². The fraction of sp³-hybridized carbons (Fsp3) is 0.474. The standard InChI is InChI=1S/C19H27N3O3/c1-6-13(3)19(5,24)11-20-18(23)22-15-8-7-12(2)16(9-15)17-21-14(4)10-25-17/h7-10,13,24H,6,11H2,1-5H3,(H2,20,22,23). The molecule has 0 aliphatic carbocycles. The summed E-state index contributed by atoms with van der Waals surface area (Å²) in [5.74, 6) is 0.616. The van der Waals surface area contributed by atoms with E-state index in [2.05, 4.69) is 15.6 Å². The van der Waals surface area contributed by atoms with Gasteiger partial charge in [0.05, 0.1) is 11.3 Å². The topological polar surface area (TPSA) is 87.4 Å². The Morgan fingerprint density at radius 2 is 2.12 bits per heavy atom. The number of amides is 2. The van der Waals surface area contributed by atoms with Crippen LogP contribution in [0.3, 0.4) is 0 Å². The first-order chi connectivity index (χ1) is 11.7. The van der Waals surface area contributed by atoms with E-state index >= 15 is 0 Å². The van der Waals surface area contributed by atoms with E-state index in [0.29, 0.717) is 11.6 Å². The maximum Gasteiger partial charge on any atom is 0.319 e. The molecule has 1 heterocycles. The van der Waals surface area contributed by atoms with E-state index in [4.69, 9.17) is 4.42 Å². The minimum Gasteiger partial charge on any atom is -0.444 e. The molecule has 0 fully saturated rings. The molecule has 0 aliphatic heterocycles. The third-order valence-electron chi connectivity index (χ3n) is 4.63. The molecule has 1 aromatic carbocycles. The summed E-state index contributed by atoms with van der Waals surface area (Å²) in [7, 11) is 0. The quantitative estimate of drug-likeness (QED) is 0.741. The molecule has 0 radical (unpaired) electrons. The Morgan fingerprint density at radius 1 is 1.40 bits per heavy atom. The van der Waals surface area contributed by atoms with Gasteiger partial charge >= 0.3 is 6.03 Å². The van der Waals surface area contributed by atoms with Crippen molar-refractivity contribution in [1.29, 1.82) is 0 Å². The number of carbonyl (C=O) groups excluding carboxylic acids is 1. The number of anilines is 1. The molecule has 1 aromatic heterocycles. The van der Waals surface area contributed by atoms with Crippen LogP contribution in [0.1, 0.15) is 38.4 Å². The summed E-state index contributed by atoms with van der Waals surface area (Å²) < 4.78 is 5.45. The van der Waals surface area contributed by atoms with Crippen molar-refractivity contribution in [1.82, 2.24) is 10.3 Å². The van der Waals surface area contributed by atoms with Crippen LogP contribution in [0.25, 0.3) is 11.5 Å². The molecular weight excluding hydrogens is 318 g/mol. The van der Waals surface area contributed by atoms with Crippen molar-refractivity contribution < 1.29 is 14.3 Å². The summed E-state index contributed by atoms with van der Waals surface area (Å²) in [5, 5.41) is 15.9. The van der Waals surface area contributed by atoms with Gasteiger partial charge in [-0.15, -0.1) is 0 Å². The van der Waals surface area contributed by atoms with Crippen LogP contribution in [0.5, 0.6) is 0 Å². The van der Waals surface area contributed by atoms with Crippen LogP contribution in [0, 0.1) is 19.8 Å². The number of carbonyl (C=O) groups is 1. The molecule has 0 saturated carbocycles. The average Bonchev–Trinajstić information content (AvgIpc) is 3.00. The van der Waals surface area contributed by atoms with Gasteiger partial charge in [0, 0.05) is 17.8 Å². The van der Waals surface area contributed by atoms with Crippen LogP contribution in [-0.2, 0) is 0 Å². The van der Waals surface area contributed by atoms with Crippen molar-refractivity contribution in [2.24, 2.45) is 5.92 Å². The van der Waals surface area contributed by atoms with Crippen LogP contribution in [0.2, 0.25) is 0 Å². The summed E-state index contributed by atoms with van der Waals surface area (Å²) in [6.45, 7) is 9.71. The number of oxazole rings is 1. The van der Waals surface area contributed by atoms with Gasteiger partial charge in [-0.05, 0) is 44.4 Å². The number of aliphatic hydroxyl groups is 1. The molecule has 6 nitrogen and oxygen atoms in total. The Labute approximate surface area is 148 Å². The zero-order chi connectivity index (χ0) is 18.6. The minimum atomic E-state index is -0.944. The van der Waals surface area contributed by atoms with Gasteiger partial charge < -0.3 is 20.2 Å². The molecule has 0 bridgehead atoms. The van der Waals surface area contributed by atoms with Gasteiger partial charge in [-0.3, -0.25) is 0 Å². The number of urea groups is 1. The normalized spacial score (nSPS) is 14.6. The molecular formula is C19H27N3O3. The summed E-state index contributed by atoms with van der Waals surface area (Å²) in [6.07, 6.45) is 2.44. The fourth-order valence-corrected chi connectivity index (χ4v) is 2.46. The Morgan fingerprint density at radius 3 is 2.72 bits per heavy atom. The fourth-order valence-electron chi connectivity index (χ4n) is 2.46. The van der Waals surface area contributed by atoms with Gasteiger partial charge in [0.2, 0.25) is 5.89 Å². The molecule has 0 saturated heterocycles. The highest BCUT2D eigenvalue weighted by atomic mass is 16.3. The Kier molecular flexibility index (Phi) is 5.85. The van der Waals surface area contributed by atoms with Gasteiger partial charge in [0.1, 0.15) is 6.26 Å². The van der Waals surface area contributed by atoms with E-state index in [1.54, 1.807) is 13.2 Å². The molecule has 136 valence electrons. The monoisotopic (exact) mass is 345 g/mol. The lowest BCUT2D eigenvalue weighted by molar-refractivity contribution is 0.00827. The Balaban J connectivity index is 2.04. The predicted octanol–water partition coefficient (Wildman–Crippen LogP) is 3.88. The molecule has 0 aliphatic rings. The highest BCUT2D eigenvalue weighted by molar-refractivity contribution is 5.90. The molecule has 2 rings (SSSR count). The number of benzene rings is 1. The number of hydrogen-bond donors (Lipinski definition) is 3. The lowest BCUT2D eigenvalue weighted by atomic mass is 9.89. The summed E-state index contributed by atoms with van der Waals surface area (Å²) >= 11 is 0. The maximum absolute atomic E-state index is 12.1. The first-order valence-corrected chi connectivity index (χ1v) is 8.53. The third-order valence-corrected chi connectivity index (χ3v) is 4.63. The van der Waals surface area contributed by atoms with Gasteiger partial charge in [-0.2, -0.15) is 0 Å². The second-order valence-corrected chi connectivity index (χ2v) is 6.80. The van der Waals surface area contributed by atoms with E-state index in [9.17, 15) is 9.90 Å². The van der Waals surface area contributed by atoms with E-state index in [1.165, 1.54) is 0 Å². The van der Waals surface area contributed by atoms with Crippen LogP contribution >= 0.6 is 0 Å². The number of nitrogens with one attached hydrogen (secondary N) is 2. The number of aromatic nitrogens is 1. The third kappa shape index (κ3) is 4.82. The van der Waals surface area contributed by atoms with E-state index in [0.717, 1.165) is 23.2 Å². The van der Waals surface area contributed by atoms with Gasteiger partial charge in [0.15, 0.2) is 0 Å². The van der Waals surface area contributed by atoms with Crippen molar-refractivity contribution in [3.8, 4) is 11.5 Å². The largest absolute Gasteiger partial charge is 0.444 e. The lowest BCUT2D eigenvalue weighted by Crippen LogP contribution is -2.46. The number of nitrogens with zero attached hydrogens (tertiary/aromatic N) is 1. The minimum absolute atomic E-state index is 0.0899. The van der Waals surface area contributed by atoms with Crippen molar-refractivity contribution in [3.63, 3.8) is 0 Å². The average molecular weight is 345 g/mol. The molecule has 3 N–H and O–H groups in total. The van der Waals surface area contributed by atoms with Crippen molar-refractivity contribution in [3.05, 3.63) is 35.7 Å². The molecule has 2 unspecified atom stereocenters. The zero-order valence-electron chi connectivity index (χ0n) is 15.5. The molecule has 6 heteroatoms. The molecule has 25 heavy (non-hydrogen) atoms. The molecule has 2 aromatic rings. The highest BCUT2D eigenvalue weighted by Crippen LogP contribution is 2.26. The predicted molar refractivity (Wildman–Crippen MR) is 98.5 cm³/mol. The SMILES string of the molecule is CCC(C)C(C)(O)CNC(=O)Nc1ccc(C)c(-c2nc(C)co2)c1. The van der Waals surface area contributed by atoms with Gasteiger partial charge in [-0.1, -0.05) is 26.3 Å². The summed E-state index contributed by atoms with van der Waals surface area (Å²) in [4.78, 5) is 16.5. The van der Waals surface area contributed by atoms with Crippen LogP contribution in [0.15, 0.2) is 28.9 Å². The second kappa shape index (κ2) is 7.70. The summed E-state index contributed by atoms with van der Waals surface area (Å²) in [6, 6.07) is 5.19. The maximum atomic E-state index is 12.1. The van der Waals surface area contributed by atoms with E-state index in [-0.39, 0.29) is 18.5 Å². The lowest BCUT2D eigenvalue weighted by Gasteiger charge is -2.29. The number of hydrogen-bond acceptors (Lipinski definition) is 4. The van der Waals surface area contributed by atoms with Crippen molar-refractivity contribution >= 4 is 11.7 Å². The number of aryl methyl sites for hydroxylation is 2. The van der Waals surface area contributed by atoms with E-state index in [1.807, 2.05) is 45.9 Å². The highest BCUT2D eigenvalue weighted by Gasteiger charge is 2.27. The van der Waals surface area contributed by atoms with Gasteiger partial charge in [0.25, 0.3) is 0 Å². The Bertz CT molecular complexity index is 737.